The highest BCUT2D eigenvalue weighted by atomic mass is 16.6. The molecule has 2 aliphatic heterocycles. The molecule has 0 radical (unpaired) electrons. The molecule has 1 unspecified atom stereocenters. The molecule has 0 amide bonds. The molecule has 3 heterocycles. The number of methoxy groups -OCH3 is 1. The zero-order valence-electron chi connectivity index (χ0n) is 28.5. The third kappa shape index (κ3) is 7.53. The minimum atomic E-state index is -2.19. The number of aliphatic hydroxyl groups is 8. The quantitative estimate of drug-likeness (QED) is 0.0919. The largest absolute Gasteiger partial charge is 0.507 e. The summed E-state index contributed by atoms with van der Waals surface area (Å²) in [6.07, 6.45) is -21.7. The lowest BCUT2D eigenvalue weighted by Crippen LogP contribution is -2.57. The number of benzene rings is 2. The molecule has 5 rings (SSSR count). The number of phenols is 3. The summed E-state index contributed by atoms with van der Waals surface area (Å²) in [5, 5.41) is 126. The summed E-state index contributed by atoms with van der Waals surface area (Å²) in [7, 11) is 1.24. The maximum absolute atomic E-state index is 13.9. The van der Waals surface area contributed by atoms with Gasteiger partial charge < -0.3 is 84.6 Å². The van der Waals surface area contributed by atoms with Crippen molar-refractivity contribution in [2.75, 3.05) is 20.3 Å². The number of rotatable bonds is 11. The summed E-state index contributed by atoms with van der Waals surface area (Å²) in [6.45, 7) is -0.935. The third-order valence-corrected chi connectivity index (χ3v) is 9.31. The number of fused-ring (bicyclic) bond motifs is 1. The Hall–Kier alpha value is -4.61. The number of ether oxygens (including phenoxy) is 4. The van der Waals surface area contributed by atoms with Crippen LogP contribution >= 0.6 is 0 Å². The smallest absolute Gasteiger partial charge is 0.309 e. The van der Waals surface area contributed by atoms with E-state index in [4.69, 9.17) is 28.5 Å². The van der Waals surface area contributed by atoms with Crippen LogP contribution in [-0.2, 0) is 23.8 Å². The number of carbonyl (C=O) groups is 2. The molecule has 296 valence electrons. The fourth-order valence-corrected chi connectivity index (χ4v) is 6.60. The highest BCUT2D eigenvalue weighted by molar-refractivity contribution is 5.92. The first-order valence-corrected chi connectivity index (χ1v) is 16.3. The Morgan fingerprint density at radius 3 is 2.02 bits per heavy atom. The van der Waals surface area contributed by atoms with Crippen LogP contribution in [0.25, 0.3) is 22.3 Å². The number of esters is 1. The summed E-state index contributed by atoms with van der Waals surface area (Å²) >= 11 is 0. The Kier molecular flexibility index (Phi) is 11.7. The molecule has 20 nitrogen and oxygen atoms in total. The van der Waals surface area contributed by atoms with E-state index in [-0.39, 0.29) is 22.8 Å². The molecule has 3 aromatic rings. The van der Waals surface area contributed by atoms with Crippen LogP contribution in [-0.4, -0.2) is 148 Å². The molecule has 0 aliphatic carbocycles. The Morgan fingerprint density at radius 2 is 1.43 bits per heavy atom. The van der Waals surface area contributed by atoms with E-state index in [2.05, 4.69) is 0 Å². The highest BCUT2D eigenvalue weighted by Crippen LogP contribution is 2.51. The van der Waals surface area contributed by atoms with Gasteiger partial charge in [0.05, 0.1) is 49.9 Å². The van der Waals surface area contributed by atoms with Gasteiger partial charge in [0.25, 0.3) is 0 Å². The third-order valence-electron chi connectivity index (χ3n) is 9.31. The number of carboxylic acid groups (broad SMARTS) is 1. The van der Waals surface area contributed by atoms with Gasteiger partial charge in [0.1, 0.15) is 77.6 Å². The fraction of sp³-hybridized carbons (Fsp3) is 0.500. The number of aliphatic carboxylic acids is 1. The van der Waals surface area contributed by atoms with Gasteiger partial charge in [-0.25, -0.2) is 0 Å². The monoisotopic (exact) mass is 768 g/mol. The van der Waals surface area contributed by atoms with Crippen molar-refractivity contribution in [3.8, 4) is 34.3 Å². The number of phenolic OH excluding ortho intramolecular Hbond substituents is 3. The molecule has 12 N–H and O–H groups in total. The van der Waals surface area contributed by atoms with Crippen LogP contribution in [0.15, 0.2) is 33.5 Å². The van der Waals surface area contributed by atoms with E-state index in [0.717, 1.165) is 13.0 Å². The highest BCUT2D eigenvalue weighted by Gasteiger charge is 2.52. The number of aliphatic hydroxyl groups excluding tert-OH is 7. The maximum atomic E-state index is 13.9. The molecule has 11 atom stereocenters. The van der Waals surface area contributed by atoms with Crippen molar-refractivity contribution in [2.45, 2.75) is 86.4 Å². The molecular weight excluding hydrogens is 728 g/mol. The average molecular weight is 769 g/mol. The Morgan fingerprint density at radius 1 is 0.815 bits per heavy atom. The number of carboxylic acids is 1. The normalized spacial score (nSPS) is 29.7. The summed E-state index contributed by atoms with van der Waals surface area (Å²) in [5.74, 6) is -5.75. The number of hydrogen-bond acceptors (Lipinski definition) is 19. The van der Waals surface area contributed by atoms with Gasteiger partial charge in [-0.2, -0.15) is 0 Å². The minimum absolute atomic E-state index is 0.0663. The van der Waals surface area contributed by atoms with Gasteiger partial charge in [0, 0.05) is 11.6 Å². The van der Waals surface area contributed by atoms with Gasteiger partial charge in [-0.1, -0.05) is 0 Å². The standard InChI is InChI=1S/C34H40O20/c1-34(49,7-18(39)40)8-19(41)54-33-28(47)24(43)17(10-36)53-32(33)22-26(45)21(31-29(48)27(46)23(42)16(9-35)52-31)25(44)20-13(38)6-14(51-30(20)22)11-3-4-12(37)15(5-11)50-2/h3-6,16-17,23-24,27-29,31-33,35-37,42-49H,7-10H2,1-2H3,(H,39,40)/t16-,17-,23-,24-,27+,28+,29-,31+,32+,33-,34?/m1/s1. The molecule has 2 fully saturated rings. The second kappa shape index (κ2) is 15.6. The van der Waals surface area contributed by atoms with Gasteiger partial charge in [-0.15, -0.1) is 0 Å². The topological polar surface area (TPSA) is 344 Å². The molecule has 0 bridgehead atoms. The zero-order chi connectivity index (χ0) is 40.0. The van der Waals surface area contributed by atoms with Crippen molar-refractivity contribution in [3.05, 3.63) is 45.6 Å². The van der Waals surface area contributed by atoms with Crippen molar-refractivity contribution in [1.82, 2.24) is 0 Å². The van der Waals surface area contributed by atoms with Gasteiger partial charge in [0.2, 0.25) is 0 Å². The second-order valence-electron chi connectivity index (χ2n) is 13.3. The number of hydrogen-bond donors (Lipinski definition) is 12. The predicted molar refractivity (Wildman–Crippen MR) is 176 cm³/mol. The molecule has 2 aliphatic rings. The summed E-state index contributed by atoms with van der Waals surface area (Å²) in [4.78, 5) is 38.3. The van der Waals surface area contributed by atoms with Gasteiger partial charge in [0.15, 0.2) is 28.6 Å². The van der Waals surface area contributed by atoms with E-state index >= 15 is 0 Å². The van der Waals surface area contributed by atoms with Crippen LogP contribution in [0, 0.1) is 0 Å². The van der Waals surface area contributed by atoms with Crippen LogP contribution in [0.5, 0.6) is 23.0 Å². The molecule has 20 heteroatoms. The molecule has 54 heavy (non-hydrogen) atoms. The van der Waals surface area contributed by atoms with Crippen LogP contribution in [0.3, 0.4) is 0 Å². The van der Waals surface area contributed by atoms with E-state index in [1.54, 1.807) is 0 Å². The zero-order valence-corrected chi connectivity index (χ0v) is 28.5. The molecule has 1 aromatic heterocycles. The van der Waals surface area contributed by atoms with Gasteiger partial charge in [-0.05, 0) is 25.1 Å². The van der Waals surface area contributed by atoms with Crippen molar-refractivity contribution in [2.24, 2.45) is 0 Å². The van der Waals surface area contributed by atoms with Gasteiger partial charge >= 0.3 is 11.9 Å². The molecule has 2 aromatic carbocycles. The molecule has 2 saturated heterocycles. The molecule has 0 spiro atoms. The van der Waals surface area contributed by atoms with E-state index in [9.17, 15) is 70.6 Å². The van der Waals surface area contributed by atoms with Crippen LogP contribution in [0.2, 0.25) is 0 Å². The lowest BCUT2D eigenvalue weighted by atomic mass is 9.85. The van der Waals surface area contributed by atoms with Crippen LogP contribution < -0.4 is 10.2 Å². The molecule has 0 saturated carbocycles. The number of aromatic hydroxyl groups is 3. The second-order valence-corrected chi connectivity index (χ2v) is 13.3. The Labute approximate surface area is 303 Å². The fourth-order valence-electron chi connectivity index (χ4n) is 6.60. The van der Waals surface area contributed by atoms with Crippen molar-refractivity contribution in [1.29, 1.82) is 0 Å². The maximum Gasteiger partial charge on any atom is 0.309 e. The van der Waals surface area contributed by atoms with E-state index in [0.29, 0.717) is 0 Å². The first-order valence-electron chi connectivity index (χ1n) is 16.3. The van der Waals surface area contributed by atoms with E-state index in [1.165, 1.54) is 25.3 Å². The van der Waals surface area contributed by atoms with E-state index < -0.39 is 144 Å². The van der Waals surface area contributed by atoms with Crippen LogP contribution in [0.4, 0.5) is 0 Å². The lowest BCUT2D eigenvalue weighted by molar-refractivity contribution is -0.242. The van der Waals surface area contributed by atoms with Crippen molar-refractivity contribution >= 4 is 22.9 Å². The van der Waals surface area contributed by atoms with Crippen molar-refractivity contribution < 1.29 is 94.2 Å². The molecular formula is C34H40O20. The first kappa shape index (κ1) is 40.6. The summed E-state index contributed by atoms with van der Waals surface area (Å²) in [6, 6.07) is 4.63. The lowest BCUT2D eigenvalue weighted by Gasteiger charge is -2.43. The van der Waals surface area contributed by atoms with Crippen LogP contribution in [0.1, 0.15) is 43.1 Å². The summed E-state index contributed by atoms with van der Waals surface area (Å²) < 4.78 is 28.0. The Bertz CT molecular complexity index is 1940. The predicted octanol–water partition coefficient (Wildman–Crippen LogP) is -2.22. The Balaban J connectivity index is 1.80. The average Bonchev–Trinajstić information content (AvgIpc) is 3.10. The SMILES string of the molecule is COc1cc(-c2cc(=O)c3c(O)c([C@@H]4O[C@H](CO)[C@@H](O)[C@H](O)[C@H]4O)c(O)c([C@@H]4O[C@H](CO)[C@@H](O)[C@H](O)[C@H]4OC(=O)CC(C)(O)CC(=O)O)c3o2)ccc1O. The summed E-state index contributed by atoms with van der Waals surface area (Å²) in [5.41, 5.74) is -5.46. The van der Waals surface area contributed by atoms with E-state index in [1.807, 2.05) is 0 Å². The first-order chi connectivity index (χ1) is 25.3. The van der Waals surface area contributed by atoms with Gasteiger partial charge in [-0.3, -0.25) is 14.4 Å². The minimum Gasteiger partial charge on any atom is -0.507 e. The van der Waals surface area contributed by atoms with Crippen molar-refractivity contribution in [3.63, 3.8) is 0 Å². The number of carbonyl (C=O) groups excluding carboxylic acids is 1.